The summed E-state index contributed by atoms with van der Waals surface area (Å²) in [4.78, 5) is 42.4. The van der Waals surface area contributed by atoms with Gasteiger partial charge in [-0.3, -0.25) is 19.7 Å². The molecule has 1 aromatic rings. The number of terminal acetylenes is 1. The van der Waals surface area contributed by atoms with E-state index in [4.69, 9.17) is 10.5 Å². The normalized spacial score (nSPS) is 15.7. The van der Waals surface area contributed by atoms with Crippen molar-refractivity contribution >= 4 is 29.4 Å². The molecule has 2 aliphatic rings. The molecule has 0 spiro atoms. The number of methoxy groups -OCH3 is 2. The van der Waals surface area contributed by atoms with Gasteiger partial charge in [-0.25, -0.2) is 4.99 Å². The predicted molar refractivity (Wildman–Crippen MR) is 135 cm³/mol. The largest absolute Gasteiger partial charge is 0.497 e. The van der Waals surface area contributed by atoms with Crippen molar-refractivity contribution in [3.63, 3.8) is 0 Å². The number of benzene rings is 1. The number of nitrogens with one attached hydrogen (secondary N) is 1. The molecule has 3 N–H and O–H groups in total. The molecule has 3 amide bonds. The minimum atomic E-state index is -0.345. The summed E-state index contributed by atoms with van der Waals surface area (Å²) in [6, 6.07) is 6.97. The summed E-state index contributed by atoms with van der Waals surface area (Å²) in [5, 5.41) is 2.39. The number of ether oxygens (including phenoxy) is 2. The predicted octanol–water partition coefficient (Wildman–Crippen LogP) is 1.66. The lowest BCUT2D eigenvalue weighted by molar-refractivity contribution is -0.139. The highest BCUT2D eigenvalue weighted by atomic mass is 16.5. The average molecular weight is 488 g/mol. The Hall–Kier alpha value is -3.58. The second-order valence-electron chi connectivity index (χ2n) is 7.89. The van der Waals surface area contributed by atoms with Crippen molar-refractivity contribution in [1.29, 1.82) is 0 Å². The Morgan fingerprint density at radius 2 is 1.66 bits per heavy atom. The number of guanidine groups is 1. The van der Waals surface area contributed by atoms with Gasteiger partial charge >= 0.3 is 0 Å². The van der Waals surface area contributed by atoms with Crippen LogP contribution in [0.25, 0.3) is 0 Å². The zero-order valence-corrected chi connectivity index (χ0v) is 20.7. The van der Waals surface area contributed by atoms with Gasteiger partial charge in [0.2, 0.25) is 17.8 Å². The molecule has 0 bridgehead atoms. The molecule has 0 aromatic heterocycles. The maximum atomic E-state index is 11.9. The van der Waals surface area contributed by atoms with Crippen molar-refractivity contribution < 1.29 is 23.9 Å². The van der Waals surface area contributed by atoms with Crippen LogP contribution >= 0.6 is 0 Å². The van der Waals surface area contributed by atoms with Crippen LogP contribution in [0, 0.1) is 12.8 Å². The molecular formula is C25H37N5O5. The smallest absolute Gasteiger partial charge is 0.252 e. The van der Waals surface area contributed by atoms with E-state index in [0.29, 0.717) is 18.7 Å². The summed E-state index contributed by atoms with van der Waals surface area (Å²) in [7, 11) is 3.01. The number of likely N-dealkylation sites (tertiary alicyclic amines) is 2. The topological polar surface area (TPSA) is 127 Å². The van der Waals surface area contributed by atoms with Crippen LogP contribution in [0.4, 0.5) is 5.69 Å². The number of rotatable bonds is 6. The summed E-state index contributed by atoms with van der Waals surface area (Å²) in [6.45, 7) is 2.76. The standard InChI is InChI=1S/C12H20N2O2.C11H15N3O3.C2H2/c15-11-6-2-1-3-9-14(11)10-12(16)13-7-4-5-8-13;1-16-7-10(15)14-11(12)13-8-3-5-9(17-2)6-4-8;1-2/h1-10H2;3-6H,7H2,1-2H3,(H3,12,13,14,15);1-2H. The first-order chi connectivity index (χ1) is 16.9. The van der Waals surface area contributed by atoms with Crippen LogP contribution in [0.5, 0.6) is 5.75 Å². The van der Waals surface area contributed by atoms with Crippen molar-refractivity contribution in [3.05, 3.63) is 24.3 Å². The Labute approximate surface area is 207 Å². The van der Waals surface area contributed by atoms with Crippen molar-refractivity contribution in [2.24, 2.45) is 10.7 Å². The lowest BCUT2D eigenvalue weighted by Gasteiger charge is -2.23. The molecule has 2 aliphatic heterocycles. The molecule has 0 saturated carbocycles. The van der Waals surface area contributed by atoms with Gasteiger partial charge in [0.25, 0.3) is 5.91 Å². The minimum absolute atomic E-state index is 0.0252. The number of carbonyl (C=O) groups is 3. The third-order valence-corrected chi connectivity index (χ3v) is 5.32. The fourth-order valence-corrected chi connectivity index (χ4v) is 3.57. The maximum absolute atomic E-state index is 11.9. The highest BCUT2D eigenvalue weighted by molar-refractivity contribution is 5.97. The highest BCUT2D eigenvalue weighted by Gasteiger charge is 2.23. The zero-order valence-electron chi connectivity index (χ0n) is 20.7. The number of hydrogen-bond donors (Lipinski definition) is 2. The Bertz CT molecular complexity index is 848. The van der Waals surface area contributed by atoms with E-state index in [9.17, 15) is 14.4 Å². The van der Waals surface area contributed by atoms with Gasteiger partial charge in [0.15, 0.2) is 0 Å². The van der Waals surface area contributed by atoms with Crippen molar-refractivity contribution in [2.75, 3.05) is 47.0 Å². The van der Waals surface area contributed by atoms with Gasteiger partial charge < -0.3 is 25.0 Å². The van der Waals surface area contributed by atoms with Crippen molar-refractivity contribution in [3.8, 4) is 18.6 Å². The van der Waals surface area contributed by atoms with Gasteiger partial charge in [-0.1, -0.05) is 6.42 Å². The first-order valence-electron chi connectivity index (χ1n) is 11.6. The van der Waals surface area contributed by atoms with Crippen molar-refractivity contribution in [1.82, 2.24) is 15.1 Å². The monoisotopic (exact) mass is 487 g/mol. The molecule has 0 aliphatic carbocycles. The molecule has 0 atom stereocenters. The van der Waals surface area contributed by atoms with E-state index in [1.165, 1.54) is 7.11 Å². The second kappa shape index (κ2) is 16.9. The molecule has 0 radical (unpaired) electrons. The van der Waals surface area contributed by atoms with Gasteiger partial charge in [0.05, 0.1) is 19.3 Å². The number of aliphatic imine (C=N–C) groups is 1. The van der Waals surface area contributed by atoms with Gasteiger partial charge in [-0.2, -0.15) is 0 Å². The first kappa shape index (κ1) is 29.5. The van der Waals surface area contributed by atoms with Crippen LogP contribution in [-0.2, 0) is 19.1 Å². The van der Waals surface area contributed by atoms with E-state index in [0.717, 1.165) is 57.5 Å². The third-order valence-electron chi connectivity index (χ3n) is 5.32. The molecule has 2 saturated heterocycles. The average Bonchev–Trinajstić information content (AvgIpc) is 3.33. The van der Waals surface area contributed by atoms with E-state index in [1.54, 1.807) is 36.3 Å². The maximum Gasteiger partial charge on any atom is 0.252 e. The quantitative estimate of drug-likeness (QED) is 0.357. The Balaban J connectivity index is 0.000000327. The van der Waals surface area contributed by atoms with Gasteiger partial charge in [0.1, 0.15) is 12.4 Å². The van der Waals surface area contributed by atoms with Gasteiger partial charge in [0, 0.05) is 33.2 Å². The van der Waals surface area contributed by atoms with E-state index in [2.05, 4.69) is 27.9 Å². The number of nitrogens with zero attached hydrogens (tertiary/aromatic N) is 3. The van der Waals surface area contributed by atoms with Crippen LogP contribution in [0.3, 0.4) is 0 Å². The minimum Gasteiger partial charge on any atom is -0.497 e. The summed E-state index contributed by atoms with van der Waals surface area (Å²) in [5.74, 6) is 0.697. The van der Waals surface area contributed by atoms with Crippen LogP contribution in [0.2, 0.25) is 0 Å². The number of nitrogens with two attached hydrogens (primary N) is 1. The molecule has 10 heteroatoms. The lowest BCUT2D eigenvalue weighted by Crippen LogP contribution is -2.41. The molecule has 1 aromatic carbocycles. The van der Waals surface area contributed by atoms with Gasteiger partial charge in [-0.05, 0) is 49.9 Å². The molecule has 10 nitrogen and oxygen atoms in total. The van der Waals surface area contributed by atoms with E-state index < -0.39 is 0 Å². The fourth-order valence-electron chi connectivity index (χ4n) is 3.57. The molecule has 0 unspecified atom stereocenters. The molecule has 35 heavy (non-hydrogen) atoms. The Kier molecular flexibility index (Phi) is 14.3. The van der Waals surface area contributed by atoms with Crippen LogP contribution in [0.15, 0.2) is 29.3 Å². The number of hydrogen-bond acceptors (Lipinski definition) is 6. The van der Waals surface area contributed by atoms with E-state index >= 15 is 0 Å². The highest BCUT2D eigenvalue weighted by Crippen LogP contribution is 2.17. The number of carbonyl (C=O) groups excluding carboxylic acids is 3. The molecule has 2 fully saturated rings. The summed E-state index contributed by atoms with van der Waals surface area (Å²) in [5.41, 5.74) is 6.16. The zero-order chi connectivity index (χ0) is 26.1. The molecular weight excluding hydrogens is 450 g/mol. The summed E-state index contributed by atoms with van der Waals surface area (Å²) in [6.07, 6.45) is 14.0. The Morgan fingerprint density at radius 1 is 1.03 bits per heavy atom. The molecule has 192 valence electrons. The van der Waals surface area contributed by atoms with Crippen LogP contribution in [-0.4, -0.2) is 80.5 Å². The van der Waals surface area contributed by atoms with Crippen LogP contribution in [0.1, 0.15) is 38.5 Å². The van der Waals surface area contributed by atoms with E-state index in [-0.39, 0.29) is 30.3 Å². The summed E-state index contributed by atoms with van der Waals surface area (Å²) < 4.78 is 9.65. The summed E-state index contributed by atoms with van der Waals surface area (Å²) >= 11 is 0. The van der Waals surface area contributed by atoms with Gasteiger partial charge in [-0.15, -0.1) is 12.8 Å². The Morgan fingerprint density at radius 3 is 2.26 bits per heavy atom. The number of amides is 3. The SMILES string of the molecule is C#C.COCC(=O)NC(N)=Nc1ccc(OC)cc1.O=C(CN1CCCCCC1=O)N1CCCC1. The van der Waals surface area contributed by atoms with Crippen LogP contribution < -0.4 is 15.8 Å². The van der Waals surface area contributed by atoms with Crippen molar-refractivity contribution in [2.45, 2.75) is 38.5 Å². The first-order valence-corrected chi connectivity index (χ1v) is 11.6. The lowest BCUT2D eigenvalue weighted by atomic mass is 10.2. The third kappa shape index (κ3) is 11.4. The molecule has 2 heterocycles. The van der Waals surface area contributed by atoms with E-state index in [1.807, 2.05) is 4.90 Å². The fraction of sp³-hybridized carbons (Fsp3) is 0.520. The molecule has 3 rings (SSSR count). The second-order valence-corrected chi connectivity index (χ2v) is 7.89.